The number of benzene rings is 1. The van der Waals surface area contributed by atoms with Gasteiger partial charge in [-0.25, -0.2) is 0 Å². The fraction of sp³-hybridized carbons (Fsp3) is 0.250. The highest BCUT2D eigenvalue weighted by Gasteiger charge is 2.22. The highest BCUT2D eigenvalue weighted by atomic mass is 32.2. The molecule has 0 N–H and O–H groups in total. The maximum Gasteiger partial charge on any atom is 0.233 e. The topological polar surface area (TPSA) is 50.5 Å². The Kier molecular flexibility index (Phi) is 4.13. The van der Waals surface area contributed by atoms with Gasteiger partial charge in [0.1, 0.15) is 0 Å². The van der Waals surface area contributed by atoms with Crippen LogP contribution in [0.2, 0.25) is 0 Å². The molecule has 0 saturated heterocycles. The Morgan fingerprint density at radius 2 is 2.15 bits per heavy atom. The van der Waals surface area contributed by atoms with Crippen LogP contribution >= 0.6 is 23.1 Å². The van der Waals surface area contributed by atoms with Crippen LogP contribution in [0.25, 0.3) is 16.6 Å². The number of aryl methyl sites for hydroxylation is 1. The van der Waals surface area contributed by atoms with Crippen LogP contribution < -0.4 is 0 Å². The zero-order chi connectivity index (χ0) is 18.4. The molecule has 0 radical (unpaired) electrons. The molecule has 5 nitrogen and oxygen atoms in total. The number of aromatic nitrogens is 3. The number of nitrogens with zero attached hydrogens (tertiary/aromatic N) is 4. The van der Waals surface area contributed by atoms with E-state index in [2.05, 4.69) is 40.7 Å². The number of para-hydroxylation sites is 1. The number of carbonyl (C=O) groups is 1. The maximum absolute atomic E-state index is 12.7. The van der Waals surface area contributed by atoms with Gasteiger partial charge in [-0.15, -0.1) is 21.5 Å². The molecule has 1 aliphatic rings. The lowest BCUT2D eigenvalue weighted by atomic mass is 10.1. The Bertz CT molecular complexity index is 1160. The summed E-state index contributed by atoms with van der Waals surface area (Å²) >= 11 is 3.25. The molecule has 4 aromatic rings. The molecule has 5 rings (SSSR count). The molecule has 0 saturated carbocycles. The number of amides is 1. The van der Waals surface area contributed by atoms with Crippen LogP contribution in [0, 0.1) is 6.92 Å². The minimum absolute atomic E-state index is 0.157. The first kappa shape index (κ1) is 16.8. The fourth-order valence-electron chi connectivity index (χ4n) is 3.65. The molecule has 0 aliphatic carbocycles. The Hall–Kier alpha value is -2.38. The van der Waals surface area contributed by atoms with Crippen molar-refractivity contribution in [3.8, 4) is 0 Å². The summed E-state index contributed by atoms with van der Waals surface area (Å²) in [7, 11) is 0. The second-order valence-corrected chi connectivity index (χ2v) is 8.69. The van der Waals surface area contributed by atoms with Crippen LogP contribution in [-0.4, -0.2) is 37.7 Å². The normalized spacial score (nSPS) is 14.0. The smallest absolute Gasteiger partial charge is 0.233 e. The van der Waals surface area contributed by atoms with Gasteiger partial charge in [-0.1, -0.05) is 30.0 Å². The first-order valence-corrected chi connectivity index (χ1v) is 10.8. The number of pyridine rings is 1. The van der Waals surface area contributed by atoms with Crippen molar-refractivity contribution in [3.05, 3.63) is 57.8 Å². The van der Waals surface area contributed by atoms with E-state index in [4.69, 9.17) is 0 Å². The van der Waals surface area contributed by atoms with Gasteiger partial charge in [0.15, 0.2) is 10.8 Å². The van der Waals surface area contributed by atoms with Gasteiger partial charge in [-0.3, -0.25) is 9.20 Å². The van der Waals surface area contributed by atoms with Crippen molar-refractivity contribution in [2.24, 2.45) is 0 Å². The predicted octanol–water partition coefficient (Wildman–Crippen LogP) is 3.93. The third-order valence-electron chi connectivity index (χ3n) is 5.06. The van der Waals surface area contributed by atoms with Gasteiger partial charge in [-0.2, -0.15) is 0 Å². The second kappa shape index (κ2) is 6.65. The Labute approximate surface area is 165 Å². The van der Waals surface area contributed by atoms with Gasteiger partial charge in [0.05, 0.1) is 11.3 Å². The van der Waals surface area contributed by atoms with E-state index in [1.54, 1.807) is 11.3 Å². The van der Waals surface area contributed by atoms with E-state index < -0.39 is 0 Å². The molecule has 1 aromatic carbocycles. The zero-order valence-electron chi connectivity index (χ0n) is 14.9. The lowest BCUT2D eigenvalue weighted by Crippen LogP contribution is -2.36. The number of thioether (sulfide) groups is 1. The van der Waals surface area contributed by atoms with Crippen LogP contribution in [0.5, 0.6) is 0 Å². The summed E-state index contributed by atoms with van der Waals surface area (Å²) in [6.07, 6.45) is 0.960. The third-order valence-corrected chi connectivity index (χ3v) is 7.00. The summed E-state index contributed by atoms with van der Waals surface area (Å²) in [5, 5.41) is 12.7. The second-order valence-electron chi connectivity index (χ2n) is 6.74. The summed E-state index contributed by atoms with van der Waals surface area (Å²) in [4.78, 5) is 16.1. The quantitative estimate of drug-likeness (QED) is 0.494. The zero-order valence-corrected chi connectivity index (χ0v) is 16.5. The molecule has 4 heterocycles. The number of fused-ring (bicyclic) bond motifs is 4. The van der Waals surface area contributed by atoms with Crippen molar-refractivity contribution in [1.82, 2.24) is 19.5 Å². The molecule has 3 aromatic heterocycles. The van der Waals surface area contributed by atoms with E-state index in [0.29, 0.717) is 5.75 Å². The molecule has 0 unspecified atom stereocenters. The number of rotatable bonds is 3. The molecule has 0 fully saturated rings. The van der Waals surface area contributed by atoms with Crippen molar-refractivity contribution < 1.29 is 4.79 Å². The molecule has 7 heteroatoms. The average Bonchev–Trinajstić information content (AvgIpc) is 3.32. The van der Waals surface area contributed by atoms with E-state index in [9.17, 15) is 4.79 Å². The van der Waals surface area contributed by atoms with Gasteiger partial charge in [-0.05, 0) is 48.1 Å². The average molecular weight is 395 g/mol. The van der Waals surface area contributed by atoms with Crippen LogP contribution in [0.1, 0.15) is 16.0 Å². The summed E-state index contributed by atoms with van der Waals surface area (Å²) in [5.74, 6) is 0.535. The lowest BCUT2D eigenvalue weighted by Gasteiger charge is -2.26. The molecule has 0 atom stereocenters. The maximum atomic E-state index is 12.7. The van der Waals surface area contributed by atoms with E-state index in [1.165, 1.54) is 33.2 Å². The van der Waals surface area contributed by atoms with Crippen molar-refractivity contribution in [2.75, 3.05) is 12.3 Å². The fourth-order valence-corrected chi connectivity index (χ4v) is 5.39. The van der Waals surface area contributed by atoms with E-state index in [0.717, 1.165) is 35.8 Å². The van der Waals surface area contributed by atoms with E-state index in [-0.39, 0.29) is 5.91 Å². The van der Waals surface area contributed by atoms with Gasteiger partial charge >= 0.3 is 0 Å². The molecular formula is C20H18N4OS2. The number of hydrogen-bond donors (Lipinski definition) is 0. The summed E-state index contributed by atoms with van der Waals surface area (Å²) in [6.45, 7) is 3.61. The van der Waals surface area contributed by atoms with Crippen molar-refractivity contribution in [2.45, 2.75) is 25.0 Å². The Balaban J connectivity index is 1.39. The molecule has 1 aliphatic heterocycles. The molecule has 27 heavy (non-hydrogen) atoms. The Morgan fingerprint density at radius 3 is 3.07 bits per heavy atom. The number of thiophene rings is 1. The number of carbonyl (C=O) groups excluding carboxylic acids is 1. The first-order valence-electron chi connectivity index (χ1n) is 8.90. The molecular weight excluding hydrogens is 376 g/mol. The van der Waals surface area contributed by atoms with Crippen molar-refractivity contribution in [1.29, 1.82) is 0 Å². The number of hydrogen-bond acceptors (Lipinski definition) is 5. The van der Waals surface area contributed by atoms with Crippen LogP contribution in [0.4, 0.5) is 0 Å². The molecule has 136 valence electrons. The molecule has 1 amide bonds. The van der Waals surface area contributed by atoms with Crippen molar-refractivity contribution >= 4 is 45.6 Å². The minimum atomic E-state index is 0.157. The SMILES string of the molecule is Cc1cc2nnc(SCC(=O)N3CCc4sccc4C3)n2c2ccccc12. The first-order chi connectivity index (χ1) is 13.2. The Morgan fingerprint density at radius 1 is 1.26 bits per heavy atom. The minimum Gasteiger partial charge on any atom is -0.337 e. The standard InChI is InChI=1S/C20H18N4OS2/c1-13-10-18-21-22-20(24(18)16-5-3-2-4-15(13)16)27-12-19(25)23-8-6-17-14(11-23)7-9-26-17/h2-5,7,9-10H,6,8,11-12H2,1H3. The van der Waals surface area contributed by atoms with Gasteiger partial charge < -0.3 is 4.90 Å². The summed E-state index contributed by atoms with van der Waals surface area (Å²) < 4.78 is 2.05. The van der Waals surface area contributed by atoms with E-state index in [1.807, 2.05) is 27.5 Å². The van der Waals surface area contributed by atoms with Gasteiger partial charge in [0.2, 0.25) is 5.91 Å². The molecule has 0 bridgehead atoms. The lowest BCUT2D eigenvalue weighted by molar-refractivity contribution is -0.129. The monoisotopic (exact) mass is 394 g/mol. The predicted molar refractivity (Wildman–Crippen MR) is 109 cm³/mol. The highest BCUT2D eigenvalue weighted by Crippen LogP contribution is 2.27. The van der Waals surface area contributed by atoms with Crippen LogP contribution in [0.3, 0.4) is 0 Å². The van der Waals surface area contributed by atoms with Crippen LogP contribution in [0.15, 0.2) is 46.9 Å². The van der Waals surface area contributed by atoms with E-state index >= 15 is 0 Å². The highest BCUT2D eigenvalue weighted by molar-refractivity contribution is 7.99. The van der Waals surface area contributed by atoms with Gasteiger partial charge in [0, 0.05) is 23.4 Å². The largest absolute Gasteiger partial charge is 0.337 e. The summed E-state index contributed by atoms with van der Waals surface area (Å²) in [6, 6.07) is 12.4. The van der Waals surface area contributed by atoms with Crippen molar-refractivity contribution in [3.63, 3.8) is 0 Å². The van der Waals surface area contributed by atoms with Gasteiger partial charge in [0.25, 0.3) is 0 Å². The third kappa shape index (κ3) is 2.91. The molecule has 0 spiro atoms. The summed E-state index contributed by atoms with van der Waals surface area (Å²) in [5.41, 5.74) is 4.37. The van der Waals surface area contributed by atoms with Crippen LogP contribution in [-0.2, 0) is 17.8 Å².